The van der Waals surface area contributed by atoms with Gasteiger partial charge in [0.2, 0.25) is 0 Å². The van der Waals surface area contributed by atoms with E-state index < -0.39 is 0 Å². The molecule has 4 heteroatoms. The summed E-state index contributed by atoms with van der Waals surface area (Å²) in [5.74, 6) is 0.762. The molecule has 1 fully saturated rings. The molecule has 0 saturated carbocycles. The zero-order valence-corrected chi connectivity index (χ0v) is 13.1. The molecule has 0 amide bonds. The van der Waals surface area contributed by atoms with E-state index in [0.717, 1.165) is 43.7 Å². The molecule has 1 N–H and O–H groups in total. The Hall–Kier alpha value is -0.930. The third-order valence-electron chi connectivity index (χ3n) is 3.59. The first-order valence-corrected chi connectivity index (χ1v) is 7.91. The maximum atomic E-state index is 6.25. The Labute approximate surface area is 126 Å². The second kappa shape index (κ2) is 7.75. The van der Waals surface area contributed by atoms with E-state index in [1.54, 1.807) is 0 Å². The highest BCUT2D eigenvalue weighted by molar-refractivity contribution is 6.32. The molecule has 1 heterocycles. The summed E-state index contributed by atoms with van der Waals surface area (Å²) in [7, 11) is 0. The summed E-state index contributed by atoms with van der Waals surface area (Å²) in [6, 6.07) is 6.39. The Morgan fingerprint density at radius 1 is 1.40 bits per heavy atom. The number of anilines is 1. The lowest BCUT2D eigenvalue weighted by molar-refractivity contribution is 0.00925. The standard InChI is InChI=1S/C16H24ClNO2/c1-3-8-20-16-6-5-12(11-15(16)17)18-13-7-9-19-14(4-2)10-13/h5-6,11,13-14,18H,3-4,7-10H2,1-2H3. The molecule has 0 bridgehead atoms. The molecule has 112 valence electrons. The molecule has 1 aromatic carbocycles. The van der Waals surface area contributed by atoms with E-state index in [1.807, 2.05) is 18.2 Å². The molecule has 20 heavy (non-hydrogen) atoms. The fourth-order valence-electron chi connectivity index (χ4n) is 2.45. The van der Waals surface area contributed by atoms with E-state index in [1.165, 1.54) is 0 Å². The van der Waals surface area contributed by atoms with Crippen molar-refractivity contribution in [2.45, 2.75) is 51.7 Å². The summed E-state index contributed by atoms with van der Waals surface area (Å²) < 4.78 is 11.3. The van der Waals surface area contributed by atoms with Gasteiger partial charge < -0.3 is 14.8 Å². The molecule has 2 rings (SSSR count). The molecular formula is C16H24ClNO2. The SMILES string of the molecule is CCCOc1ccc(NC2CCOC(CC)C2)cc1Cl. The summed E-state index contributed by atoms with van der Waals surface area (Å²) in [6.45, 7) is 5.79. The van der Waals surface area contributed by atoms with Crippen LogP contribution >= 0.6 is 11.6 Å². The predicted molar refractivity (Wildman–Crippen MR) is 83.9 cm³/mol. The first kappa shape index (κ1) is 15.5. The van der Waals surface area contributed by atoms with E-state index in [0.29, 0.717) is 23.8 Å². The molecule has 0 spiro atoms. The Morgan fingerprint density at radius 2 is 2.25 bits per heavy atom. The molecule has 2 atom stereocenters. The highest BCUT2D eigenvalue weighted by Gasteiger charge is 2.21. The van der Waals surface area contributed by atoms with Crippen molar-refractivity contribution in [2.24, 2.45) is 0 Å². The molecule has 0 aliphatic carbocycles. The number of nitrogens with one attached hydrogen (secondary N) is 1. The van der Waals surface area contributed by atoms with Crippen LogP contribution in [0.2, 0.25) is 5.02 Å². The summed E-state index contributed by atoms with van der Waals surface area (Å²) >= 11 is 6.25. The van der Waals surface area contributed by atoms with E-state index >= 15 is 0 Å². The normalized spacial score (nSPS) is 22.6. The Kier molecular flexibility index (Phi) is 5.99. The average molecular weight is 298 g/mol. The Morgan fingerprint density at radius 3 is 2.95 bits per heavy atom. The van der Waals surface area contributed by atoms with Crippen LogP contribution in [0.1, 0.15) is 39.5 Å². The number of ether oxygens (including phenoxy) is 2. The van der Waals surface area contributed by atoms with Crippen molar-refractivity contribution in [3.8, 4) is 5.75 Å². The van der Waals surface area contributed by atoms with Gasteiger partial charge in [-0.1, -0.05) is 25.4 Å². The van der Waals surface area contributed by atoms with Gasteiger partial charge in [-0.25, -0.2) is 0 Å². The van der Waals surface area contributed by atoms with Crippen LogP contribution in [0.3, 0.4) is 0 Å². The van der Waals surface area contributed by atoms with Gasteiger partial charge in [0.25, 0.3) is 0 Å². The largest absolute Gasteiger partial charge is 0.492 e. The first-order chi connectivity index (χ1) is 9.72. The third kappa shape index (κ3) is 4.29. The predicted octanol–water partition coefficient (Wildman–Crippen LogP) is 4.50. The van der Waals surface area contributed by atoms with Crippen LogP contribution in [-0.4, -0.2) is 25.4 Å². The topological polar surface area (TPSA) is 30.5 Å². The number of hydrogen-bond donors (Lipinski definition) is 1. The maximum absolute atomic E-state index is 6.25. The van der Waals surface area contributed by atoms with Crippen molar-refractivity contribution in [3.05, 3.63) is 23.2 Å². The average Bonchev–Trinajstić information content (AvgIpc) is 2.47. The van der Waals surface area contributed by atoms with Gasteiger partial charge in [0, 0.05) is 18.3 Å². The Bertz CT molecular complexity index is 425. The number of rotatable bonds is 6. The van der Waals surface area contributed by atoms with E-state index in [9.17, 15) is 0 Å². The van der Waals surface area contributed by atoms with Crippen LogP contribution in [0.15, 0.2) is 18.2 Å². The summed E-state index contributed by atoms with van der Waals surface area (Å²) in [5.41, 5.74) is 1.06. The van der Waals surface area contributed by atoms with Crippen LogP contribution in [-0.2, 0) is 4.74 Å². The quantitative estimate of drug-likeness (QED) is 0.838. The van der Waals surface area contributed by atoms with Crippen molar-refractivity contribution in [1.82, 2.24) is 0 Å². The van der Waals surface area contributed by atoms with Gasteiger partial charge in [0.05, 0.1) is 17.7 Å². The number of halogens is 1. The van der Waals surface area contributed by atoms with Gasteiger partial charge >= 0.3 is 0 Å². The van der Waals surface area contributed by atoms with Crippen molar-refractivity contribution in [1.29, 1.82) is 0 Å². The minimum Gasteiger partial charge on any atom is -0.492 e. The molecular weight excluding hydrogens is 274 g/mol. The highest BCUT2D eigenvalue weighted by Crippen LogP contribution is 2.29. The van der Waals surface area contributed by atoms with Crippen molar-refractivity contribution < 1.29 is 9.47 Å². The molecule has 1 saturated heterocycles. The first-order valence-electron chi connectivity index (χ1n) is 7.53. The fourth-order valence-corrected chi connectivity index (χ4v) is 2.69. The van der Waals surface area contributed by atoms with Crippen LogP contribution in [0, 0.1) is 0 Å². The summed E-state index contributed by atoms with van der Waals surface area (Å²) in [5, 5.41) is 4.22. The number of hydrogen-bond acceptors (Lipinski definition) is 3. The molecule has 1 aliphatic heterocycles. The van der Waals surface area contributed by atoms with Gasteiger partial charge in [0.15, 0.2) is 0 Å². The second-order valence-corrected chi connectivity index (χ2v) is 5.67. The lowest BCUT2D eigenvalue weighted by Gasteiger charge is -2.30. The van der Waals surface area contributed by atoms with Crippen LogP contribution in [0.25, 0.3) is 0 Å². The zero-order valence-electron chi connectivity index (χ0n) is 12.3. The Balaban J connectivity index is 1.94. The maximum Gasteiger partial charge on any atom is 0.138 e. The van der Waals surface area contributed by atoms with Crippen molar-refractivity contribution in [3.63, 3.8) is 0 Å². The lowest BCUT2D eigenvalue weighted by Crippen LogP contribution is -2.33. The smallest absolute Gasteiger partial charge is 0.138 e. The van der Waals surface area contributed by atoms with E-state index in [2.05, 4.69) is 19.2 Å². The summed E-state index contributed by atoms with van der Waals surface area (Å²) in [4.78, 5) is 0. The zero-order chi connectivity index (χ0) is 14.4. The van der Waals surface area contributed by atoms with E-state index in [4.69, 9.17) is 21.1 Å². The molecule has 1 aliphatic rings. The lowest BCUT2D eigenvalue weighted by atomic mass is 10.0. The van der Waals surface area contributed by atoms with Gasteiger partial charge in [-0.05, 0) is 43.9 Å². The van der Waals surface area contributed by atoms with Gasteiger partial charge in [-0.2, -0.15) is 0 Å². The van der Waals surface area contributed by atoms with Crippen LogP contribution in [0.4, 0.5) is 5.69 Å². The minimum atomic E-state index is 0.379. The fraction of sp³-hybridized carbons (Fsp3) is 0.625. The molecule has 0 radical (unpaired) electrons. The summed E-state index contributed by atoms with van der Waals surface area (Å²) in [6.07, 6.45) is 4.54. The van der Waals surface area contributed by atoms with Gasteiger partial charge in [-0.15, -0.1) is 0 Å². The van der Waals surface area contributed by atoms with Crippen LogP contribution < -0.4 is 10.1 Å². The number of benzene rings is 1. The molecule has 3 nitrogen and oxygen atoms in total. The van der Waals surface area contributed by atoms with Crippen molar-refractivity contribution >= 4 is 17.3 Å². The molecule has 2 unspecified atom stereocenters. The minimum absolute atomic E-state index is 0.379. The van der Waals surface area contributed by atoms with Crippen molar-refractivity contribution in [2.75, 3.05) is 18.5 Å². The van der Waals surface area contributed by atoms with Gasteiger partial charge in [0.1, 0.15) is 5.75 Å². The third-order valence-corrected chi connectivity index (χ3v) is 3.88. The molecule has 0 aromatic heterocycles. The van der Waals surface area contributed by atoms with Gasteiger partial charge in [-0.3, -0.25) is 0 Å². The monoisotopic (exact) mass is 297 g/mol. The van der Waals surface area contributed by atoms with Crippen LogP contribution in [0.5, 0.6) is 5.75 Å². The second-order valence-electron chi connectivity index (χ2n) is 5.26. The highest BCUT2D eigenvalue weighted by atomic mass is 35.5. The molecule has 1 aromatic rings. The van der Waals surface area contributed by atoms with E-state index in [-0.39, 0.29) is 0 Å².